The van der Waals surface area contributed by atoms with Crippen LogP contribution in [0.25, 0.3) is 0 Å². The second-order valence-corrected chi connectivity index (χ2v) is 10.7. The van der Waals surface area contributed by atoms with Crippen LogP contribution < -0.4 is 16.0 Å². The highest BCUT2D eigenvalue weighted by molar-refractivity contribution is 5.82. The van der Waals surface area contributed by atoms with Crippen LogP contribution in [0.15, 0.2) is 42.3 Å². The molecule has 1 aliphatic heterocycles. The van der Waals surface area contributed by atoms with Gasteiger partial charge in [0.05, 0.1) is 23.4 Å². The fourth-order valence-corrected chi connectivity index (χ4v) is 5.71. The van der Waals surface area contributed by atoms with Gasteiger partial charge in [-0.15, -0.1) is 0 Å². The molecule has 36 heavy (non-hydrogen) atoms. The molecule has 2 atom stereocenters. The van der Waals surface area contributed by atoms with E-state index >= 15 is 0 Å². The number of hydrogen-bond donors (Lipinski definition) is 3. The molecule has 5 rings (SSSR count). The van der Waals surface area contributed by atoms with Gasteiger partial charge >= 0.3 is 0 Å². The number of aliphatic hydroxyl groups excluding tert-OH is 1. The van der Waals surface area contributed by atoms with Gasteiger partial charge in [0.25, 0.3) is 0 Å². The molecule has 0 spiro atoms. The number of nitrogens with two attached hydrogens (primary N) is 1. The number of carbonyl (C=O) groups excluding carboxylic acids is 1. The van der Waals surface area contributed by atoms with Crippen LogP contribution in [0.1, 0.15) is 56.7 Å². The highest BCUT2D eigenvalue weighted by atomic mass is 16.3. The van der Waals surface area contributed by atoms with Gasteiger partial charge in [0, 0.05) is 43.8 Å². The molecule has 1 saturated carbocycles. The summed E-state index contributed by atoms with van der Waals surface area (Å²) in [5, 5.41) is 14.0. The monoisotopic (exact) mass is 490 g/mol. The first-order chi connectivity index (χ1) is 17.4. The summed E-state index contributed by atoms with van der Waals surface area (Å²) in [6, 6.07) is 7.83. The number of benzene rings is 1. The van der Waals surface area contributed by atoms with Crippen LogP contribution in [0.5, 0.6) is 0 Å². The lowest BCUT2D eigenvalue weighted by molar-refractivity contribution is -0.133. The van der Waals surface area contributed by atoms with Crippen molar-refractivity contribution < 1.29 is 9.90 Å². The van der Waals surface area contributed by atoms with Crippen molar-refractivity contribution in [1.29, 1.82) is 0 Å². The second-order valence-electron chi connectivity index (χ2n) is 10.7. The van der Waals surface area contributed by atoms with E-state index in [1.165, 1.54) is 12.8 Å². The van der Waals surface area contributed by atoms with E-state index in [1.54, 1.807) is 0 Å². The van der Waals surface area contributed by atoms with Crippen molar-refractivity contribution in [3.05, 3.63) is 53.6 Å². The number of amides is 1. The van der Waals surface area contributed by atoms with Gasteiger partial charge in [-0.1, -0.05) is 26.7 Å². The molecule has 2 unspecified atom stereocenters. The summed E-state index contributed by atoms with van der Waals surface area (Å²) < 4.78 is 0. The Bertz CT molecular complexity index is 1100. The van der Waals surface area contributed by atoms with Gasteiger partial charge in [-0.05, 0) is 67.0 Å². The summed E-state index contributed by atoms with van der Waals surface area (Å²) in [5.74, 6) is 1.67. The van der Waals surface area contributed by atoms with Crippen LogP contribution in [-0.4, -0.2) is 58.1 Å². The topological polar surface area (TPSA) is 108 Å². The predicted molar refractivity (Wildman–Crippen MR) is 142 cm³/mol. The Morgan fingerprint density at radius 3 is 2.47 bits per heavy atom. The Morgan fingerprint density at radius 2 is 1.81 bits per heavy atom. The molecule has 1 saturated heterocycles. The Balaban J connectivity index is 1.22. The number of rotatable bonds is 6. The lowest BCUT2D eigenvalue weighted by Crippen LogP contribution is -2.54. The number of allylic oxidation sites excluding steroid dienone is 2. The van der Waals surface area contributed by atoms with E-state index in [0.29, 0.717) is 37.1 Å². The minimum Gasteiger partial charge on any atom is -0.512 e. The number of aliphatic hydroxyl groups is 1. The van der Waals surface area contributed by atoms with Gasteiger partial charge in [-0.25, -0.2) is 9.97 Å². The highest BCUT2D eigenvalue weighted by Crippen LogP contribution is 2.43. The number of nitrogens with zero attached hydrogens (tertiary/aromatic N) is 4. The van der Waals surface area contributed by atoms with Gasteiger partial charge < -0.3 is 26.0 Å². The van der Waals surface area contributed by atoms with E-state index in [-0.39, 0.29) is 17.7 Å². The SMILES string of the molecule is CC(C)C(N)C(=O)N1CCN(c2ccc(Nc3ncc4c(n3)C(C3CCCC3)C(O)=CC4)cc2)CC1. The Hall–Kier alpha value is -3.13. The highest BCUT2D eigenvalue weighted by Gasteiger charge is 2.34. The van der Waals surface area contributed by atoms with Crippen molar-refractivity contribution in [2.24, 2.45) is 17.6 Å². The van der Waals surface area contributed by atoms with Gasteiger partial charge in [0.15, 0.2) is 0 Å². The summed E-state index contributed by atoms with van der Waals surface area (Å²) in [5.41, 5.74) is 10.2. The van der Waals surface area contributed by atoms with E-state index < -0.39 is 6.04 Å². The Morgan fingerprint density at radius 1 is 1.11 bits per heavy atom. The standard InChI is InChI=1S/C28H38N6O2/c1-18(2)25(29)27(36)34-15-13-33(14-16-34)22-10-8-21(9-11-22)31-28-30-17-20-7-12-23(35)24(26(20)32-28)19-5-3-4-6-19/h8-12,17-19,24-25,35H,3-7,13-16,29H2,1-2H3,(H,30,31,32). The molecule has 8 heteroatoms. The van der Waals surface area contributed by atoms with Crippen LogP contribution in [0.3, 0.4) is 0 Å². The molecule has 2 aliphatic carbocycles. The molecular formula is C28H38N6O2. The van der Waals surface area contributed by atoms with Gasteiger partial charge in [-0.2, -0.15) is 0 Å². The number of anilines is 3. The van der Waals surface area contributed by atoms with Crippen LogP contribution in [0.4, 0.5) is 17.3 Å². The van der Waals surface area contributed by atoms with Gasteiger partial charge in [-0.3, -0.25) is 4.79 Å². The molecule has 3 aliphatic rings. The van der Waals surface area contributed by atoms with E-state index in [9.17, 15) is 9.90 Å². The maximum Gasteiger partial charge on any atom is 0.239 e. The average molecular weight is 491 g/mol. The van der Waals surface area contributed by atoms with Gasteiger partial charge in [0.2, 0.25) is 11.9 Å². The van der Waals surface area contributed by atoms with Crippen LogP contribution in [0, 0.1) is 11.8 Å². The lowest BCUT2D eigenvalue weighted by Gasteiger charge is -2.37. The van der Waals surface area contributed by atoms with Crippen molar-refractivity contribution in [1.82, 2.24) is 14.9 Å². The molecule has 0 bridgehead atoms. The van der Waals surface area contributed by atoms with Crippen LogP contribution in [0.2, 0.25) is 0 Å². The smallest absolute Gasteiger partial charge is 0.239 e. The van der Waals surface area contributed by atoms with Gasteiger partial charge in [0.1, 0.15) is 0 Å². The number of hydrogen-bond acceptors (Lipinski definition) is 7. The fourth-order valence-electron chi connectivity index (χ4n) is 5.71. The third kappa shape index (κ3) is 5.05. The van der Waals surface area contributed by atoms with Crippen LogP contribution in [-0.2, 0) is 11.2 Å². The number of fused-ring (bicyclic) bond motifs is 1. The Labute approximate surface area is 213 Å². The minimum absolute atomic E-state index is 0.0113. The first-order valence-electron chi connectivity index (χ1n) is 13.3. The van der Waals surface area contributed by atoms with E-state index in [0.717, 1.165) is 48.6 Å². The zero-order chi connectivity index (χ0) is 25.2. The number of piperazine rings is 1. The molecule has 2 heterocycles. The molecule has 0 radical (unpaired) electrons. The first-order valence-corrected chi connectivity index (χ1v) is 13.3. The van der Waals surface area contributed by atoms with Crippen molar-refractivity contribution in [3.8, 4) is 0 Å². The minimum atomic E-state index is -0.429. The van der Waals surface area contributed by atoms with Crippen molar-refractivity contribution in [2.75, 3.05) is 36.4 Å². The van der Waals surface area contributed by atoms with Crippen molar-refractivity contribution in [2.45, 2.75) is 57.9 Å². The molecule has 2 fully saturated rings. The second kappa shape index (κ2) is 10.5. The van der Waals surface area contributed by atoms with Crippen molar-refractivity contribution >= 4 is 23.2 Å². The molecule has 8 nitrogen and oxygen atoms in total. The predicted octanol–water partition coefficient (Wildman–Crippen LogP) is 4.12. The maximum atomic E-state index is 12.5. The molecule has 2 aromatic rings. The molecule has 1 amide bonds. The largest absolute Gasteiger partial charge is 0.512 e. The van der Waals surface area contributed by atoms with E-state index in [2.05, 4.69) is 27.3 Å². The average Bonchev–Trinajstić information content (AvgIpc) is 3.42. The third-order valence-corrected chi connectivity index (χ3v) is 8.00. The summed E-state index contributed by atoms with van der Waals surface area (Å²) in [6.07, 6.45) is 9.24. The maximum absolute atomic E-state index is 12.5. The quantitative estimate of drug-likeness (QED) is 0.559. The van der Waals surface area contributed by atoms with E-state index in [4.69, 9.17) is 10.7 Å². The fraction of sp³-hybridized carbons (Fsp3) is 0.536. The van der Waals surface area contributed by atoms with Crippen molar-refractivity contribution in [3.63, 3.8) is 0 Å². The summed E-state index contributed by atoms with van der Waals surface area (Å²) >= 11 is 0. The number of aromatic nitrogens is 2. The zero-order valence-corrected chi connectivity index (χ0v) is 21.4. The zero-order valence-electron chi connectivity index (χ0n) is 21.4. The number of carbonyl (C=O) groups is 1. The van der Waals surface area contributed by atoms with Crippen LogP contribution >= 0.6 is 0 Å². The lowest BCUT2D eigenvalue weighted by atomic mass is 9.81. The third-order valence-electron chi connectivity index (χ3n) is 8.00. The Kier molecular flexibility index (Phi) is 7.14. The normalized spacial score (nSPS) is 21.3. The molecule has 4 N–H and O–H groups in total. The summed E-state index contributed by atoms with van der Waals surface area (Å²) in [4.78, 5) is 26.1. The summed E-state index contributed by atoms with van der Waals surface area (Å²) in [6.45, 7) is 6.92. The first kappa shape index (κ1) is 24.6. The summed E-state index contributed by atoms with van der Waals surface area (Å²) in [7, 11) is 0. The molecule has 192 valence electrons. The van der Waals surface area contributed by atoms with E-state index in [1.807, 2.05) is 43.2 Å². The number of nitrogens with one attached hydrogen (secondary N) is 1. The molecule has 1 aromatic carbocycles. The molecular weight excluding hydrogens is 452 g/mol. The molecule has 1 aromatic heterocycles.